The number of benzene rings is 1. The summed E-state index contributed by atoms with van der Waals surface area (Å²) >= 11 is 0. The van der Waals surface area contributed by atoms with Gasteiger partial charge in [-0.15, -0.1) is 0 Å². The van der Waals surface area contributed by atoms with Gasteiger partial charge in [-0.05, 0) is 37.0 Å². The smallest absolute Gasteiger partial charge is 0.0603 e. The molecule has 0 bridgehead atoms. The Balaban J connectivity index is 1.43. The van der Waals surface area contributed by atoms with Gasteiger partial charge in [0.25, 0.3) is 0 Å². The maximum absolute atomic E-state index is 5.37. The average molecular weight is 341 g/mol. The normalized spacial score (nSPS) is 22.4. The van der Waals surface area contributed by atoms with Gasteiger partial charge >= 0.3 is 0 Å². The number of aryl methyl sites for hydroxylation is 2. The lowest BCUT2D eigenvalue weighted by Crippen LogP contribution is -2.51. The van der Waals surface area contributed by atoms with E-state index in [9.17, 15) is 0 Å². The largest absolute Gasteiger partial charge is 0.379 e. The molecule has 0 spiro atoms. The fourth-order valence-corrected chi connectivity index (χ4v) is 3.48. The number of nitrogens with zero attached hydrogens (tertiary/aromatic N) is 2. The molecular weight excluding hydrogens is 310 g/mol. The zero-order chi connectivity index (χ0) is 17.5. The predicted octanol–water partition coefficient (Wildman–Crippen LogP) is 1.46. The molecule has 2 saturated heterocycles. The molecule has 1 aromatic carbocycles. The highest BCUT2D eigenvalue weighted by atomic mass is 16.5. The van der Waals surface area contributed by atoms with Crippen molar-refractivity contribution < 1.29 is 4.74 Å². The molecule has 1 unspecified atom stereocenters. The van der Waals surface area contributed by atoms with Crippen LogP contribution in [0.4, 0.5) is 0 Å². The van der Waals surface area contributed by atoms with Crippen LogP contribution in [0.15, 0.2) is 18.2 Å². The molecule has 2 heterocycles. The van der Waals surface area contributed by atoms with Gasteiger partial charge in [0.05, 0.1) is 26.3 Å². The van der Waals surface area contributed by atoms with E-state index < -0.39 is 0 Å². The van der Waals surface area contributed by atoms with E-state index >= 15 is 0 Å². The number of piperazine rings is 1. The Hall–Kier alpha value is -1.38. The van der Waals surface area contributed by atoms with Crippen molar-refractivity contribution >= 4 is 0 Å². The Bertz CT molecular complexity index is 613. The highest BCUT2D eigenvalue weighted by Crippen LogP contribution is 2.13. The van der Waals surface area contributed by atoms with Crippen LogP contribution in [-0.2, 0) is 11.2 Å². The summed E-state index contributed by atoms with van der Waals surface area (Å²) in [7, 11) is 0. The average Bonchev–Trinajstić information content (AvgIpc) is 2.63. The fraction of sp³-hybridized carbons (Fsp3) is 0.619. The van der Waals surface area contributed by atoms with Gasteiger partial charge in [-0.2, -0.15) is 0 Å². The highest BCUT2D eigenvalue weighted by molar-refractivity contribution is 5.30. The van der Waals surface area contributed by atoms with Gasteiger partial charge in [0, 0.05) is 38.8 Å². The maximum Gasteiger partial charge on any atom is 0.0603 e. The molecule has 1 N–H and O–H groups in total. The first-order chi connectivity index (χ1) is 12.2. The van der Waals surface area contributed by atoms with Crippen LogP contribution in [0.1, 0.15) is 16.7 Å². The van der Waals surface area contributed by atoms with Crippen LogP contribution in [0.25, 0.3) is 0 Å². The molecule has 2 aliphatic rings. The van der Waals surface area contributed by atoms with Gasteiger partial charge in [0.15, 0.2) is 0 Å². The van der Waals surface area contributed by atoms with E-state index in [4.69, 9.17) is 4.74 Å². The van der Waals surface area contributed by atoms with Crippen LogP contribution in [0, 0.1) is 25.7 Å². The second-order valence-electron chi connectivity index (χ2n) is 7.25. The number of hydrogen-bond acceptors (Lipinski definition) is 4. The van der Waals surface area contributed by atoms with Crippen LogP contribution in [0.5, 0.6) is 0 Å². The minimum atomic E-state index is 0.525. The molecule has 0 amide bonds. The second kappa shape index (κ2) is 9.35. The molecule has 1 atom stereocenters. The Morgan fingerprint density at radius 3 is 2.56 bits per heavy atom. The Labute approximate surface area is 152 Å². The fourth-order valence-electron chi connectivity index (χ4n) is 3.48. The first-order valence-electron chi connectivity index (χ1n) is 9.48. The van der Waals surface area contributed by atoms with E-state index in [1.54, 1.807) is 0 Å². The predicted molar refractivity (Wildman–Crippen MR) is 103 cm³/mol. The summed E-state index contributed by atoms with van der Waals surface area (Å²) in [5.41, 5.74) is 4.19. The Kier molecular flexibility index (Phi) is 6.89. The number of morpholine rings is 1. The van der Waals surface area contributed by atoms with Crippen LogP contribution >= 0.6 is 0 Å². The SMILES string of the molecule is Cc1ccc(CC2CN(CC#CCN3CCOCC3)CCN2)cc1C. The monoisotopic (exact) mass is 341 g/mol. The first kappa shape index (κ1) is 18.4. The summed E-state index contributed by atoms with van der Waals surface area (Å²) in [6.45, 7) is 13.1. The van der Waals surface area contributed by atoms with Gasteiger partial charge in [0.2, 0.25) is 0 Å². The van der Waals surface area contributed by atoms with Crippen molar-refractivity contribution in [2.24, 2.45) is 0 Å². The van der Waals surface area contributed by atoms with E-state index in [0.29, 0.717) is 6.04 Å². The standard InChI is InChI=1S/C21H31N3O/c1-18-5-6-20(15-19(18)2)16-21-17-24(10-7-22-21)9-4-3-8-23-11-13-25-14-12-23/h5-6,15,21-22H,7-14,16-17H2,1-2H3. The van der Waals surface area contributed by atoms with E-state index in [2.05, 4.69) is 59.0 Å². The number of ether oxygens (including phenoxy) is 1. The lowest BCUT2D eigenvalue weighted by atomic mass is 10.00. The third-order valence-electron chi connectivity index (χ3n) is 5.23. The van der Waals surface area contributed by atoms with Crippen molar-refractivity contribution in [2.75, 3.05) is 59.0 Å². The molecule has 0 aliphatic carbocycles. The summed E-state index contributed by atoms with van der Waals surface area (Å²) in [5.74, 6) is 6.71. The molecular formula is C21H31N3O. The number of hydrogen-bond donors (Lipinski definition) is 1. The molecule has 1 aromatic rings. The topological polar surface area (TPSA) is 27.7 Å². The van der Waals surface area contributed by atoms with Crippen molar-refractivity contribution in [3.05, 3.63) is 34.9 Å². The molecule has 2 aliphatic heterocycles. The zero-order valence-electron chi connectivity index (χ0n) is 15.7. The summed E-state index contributed by atoms with van der Waals surface area (Å²) in [5, 5.41) is 3.66. The van der Waals surface area contributed by atoms with Crippen LogP contribution < -0.4 is 5.32 Å². The van der Waals surface area contributed by atoms with Crippen LogP contribution in [0.2, 0.25) is 0 Å². The molecule has 4 nitrogen and oxygen atoms in total. The summed E-state index contributed by atoms with van der Waals surface area (Å²) in [6.07, 6.45) is 1.10. The third kappa shape index (κ3) is 5.83. The number of rotatable bonds is 4. The van der Waals surface area contributed by atoms with Crippen molar-refractivity contribution in [1.82, 2.24) is 15.1 Å². The van der Waals surface area contributed by atoms with E-state index in [1.165, 1.54) is 16.7 Å². The quantitative estimate of drug-likeness (QED) is 0.839. The lowest BCUT2D eigenvalue weighted by molar-refractivity contribution is 0.0443. The minimum Gasteiger partial charge on any atom is -0.379 e. The van der Waals surface area contributed by atoms with Crippen molar-refractivity contribution in [3.63, 3.8) is 0 Å². The highest BCUT2D eigenvalue weighted by Gasteiger charge is 2.18. The Morgan fingerprint density at radius 1 is 1.04 bits per heavy atom. The zero-order valence-corrected chi connectivity index (χ0v) is 15.7. The van der Waals surface area contributed by atoms with E-state index in [0.717, 1.165) is 65.4 Å². The molecule has 2 fully saturated rings. The van der Waals surface area contributed by atoms with Gasteiger partial charge in [-0.1, -0.05) is 30.0 Å². The van der Waals surface area contributed by atoms with Gasteiger partial charge in [-0.3, -0.25) is 9.80 Å². The van der Waals surface area contributed by atoms with Crippen LogP contribution in [-0.4, -0.2) is 74.9 Å². The lowest BCUT2D eigenvalue weighted by Gasteiger charge is -2.32. The summed E-state index contributed by atoms with van der Waals surface area (Å²) in [4.78, 5) is 4.85. The maximum atomic E-state index is 5.37. The molecule has 0 saturated carbocycles. The van der Waals surface area contributed by atoms with Crippen LogP contribution in [0.3, 0.4) is 0 Å². The third-order valence-corrected chi connectivity index (χ3v) is 5.23. The second-order valence-corrected chi connectivity index (χ2v) is 7.25. The summed E-state index contributed by atoms with van der Waals surface area (Å²) in [6, 6.07) is 7.36. The van der Waals surface area contributed by atoms with E-state index in [1.807, 2.05) is 0 Å². The van der Waals surface area contributed by atoms with Crippen molar-refractivity contribution in [3.8, 4) is 11.8 Å². The van der Waals surface area contributed by atoms with Crippen molar-refractivity contribution in [1.29, 1.82) is 0 Å². The molecule has 3 rings (SSSR count). The van der Waals surface area contributed by atoms with Crippen molar-refractivity contribution in [2.45, 2.75) is 26.3 Å². The van der Waals surface area contributed by atoms with Gasteiger partial charge in [0.1, 0.15) is 0 Å². The Morgan fingerprint density at radius 2 is 1.80 bits per heavy atom. The molecule has 0 radical (unpaired) electrons. The minimum absolute atomic E-state index is 0.525. The summed E-state index contributed by atoms with van der Waals surface area (Å²) < 4.78 is 5.37. The van der Waals surface area contributed by atoms with Gasteiger partial charge in [-0.25, -0.2) is 0 Å². The molecule has 4 heteroatoms. The van der Waals surface area contributed by atoms with Gasteiger partial charge < -0.3 is 10.1 Å². The molecule has 0 aromatic heterocycles. The van der Waals surface area contributed by atoms with E-state index in [-0.39, 0.29) is 0 Å². The first-order valence-corrected chi connectivity index (χ1v) is 9.48. The molecule has 25 heavy (non-hydrogen) atoms. The number of nitrogens with one attached hydrogen (secondary N) is 1. The molecule has 136 valence electrons.